The second kappa shape index (κ2) is 8.47. The lowest BCUT2D eigenvalue weighted by molar-refractivity contribution is -0.119. The molecule has 2 aromatic heterocycles. The number of hydrogen-bond acceptors (Lipinski definition) is 6. The second-order valence-electron chi connectivity index (χ2n) is 7.67. The van der Waals surface area contributed by atoms with Crippen LogP contribution in [0.15, 0.2) is 34.1 Å². The number of rotatable bonds is 5. The molecule has 1 aliphatic carbocycles. The van der Waals surface area contributed by atoms with Crippen molar-refractivity contribution < 1.29 is 18.8 Å². The van der Waals surface area contributed by atoms with Crippen LogP contribution < -0.4 is 10.6 Å². The Bertz CT molecular complexity index is 1160. The van der Waals surface area contributed by atoms with Crippen LogP contribution in [0.4, 0.5) is 5.13 Å². The number of benzene rings is 1. The number of fused-ring (bicyclic) bond motifs is 1. The Morgan fingerprint density at radius 2 is 1.94 bits per heavy atom. The van der Waals surface area contributed by atoms with Gasteiger partial charge in [0.05, 0.1) is 17.3 Å². The van der Waals surface area contributed by atoms with Gasteiger partial charge in [-0.3, -0.25) is 19.7 Å². The van der Waals surface area contributed by atoms with Gasteiger partial charge in [-0.1, -0.05) is 24.3 Å². The summed E-state index contributed by atoms with van der Waals surface area (Å²) >= 11 is 1.32. The maximum atomic E-state index is 12.7. The van der Waals surface area contributed by atoms with Crippen LogP contribution in [0.25, 0.3) is 11.3 Å². The Morgan fingerprint density at radius 3 is 2.61 bits per heavy atom. The van der Waals surface area contributed by atoms with E-state index in [0.29, 0.717) is 34.9 Å². The van der Waals surface area contributed by atoms with E-state index in [0.717, 1.165) is 23.2 Å². The number of aromatic nitrogens is 1. The summed E-state index contributed by atoms with van der Waals surface area (Å²) in [4.78, 5) is 40.6. The lowest BCUT2D eigenvalue weighted by atomic mass is 9.94. The van der Waals surface area contributed by atoms with Gasteiger partial charge in [0.2, 0.25) is 5.91 Å². The predicted octanol–water partition coefficient (Wildman–Crippen LogP) is 4.68. The molecule has 160 valence electrons. The van der Waals surface area contributed by atoms with Gasteiger partial charge in [0, 0.05) is 36.3 Å². The van der Waals surface area contributed by atoms with E-state index in [1.165, 1.54) is 18.3 Å². The quantitative estimate of drug-likeness (QED) is 0.603. The lowest BCUT2D eigenvalue weighted by Crippen LogP contribution is -2.23. The highest BCUT2D eigenvalue weighted by atomic mass is 32.1. The molecular weight excluding hydrogens is 414 g/mol. The van der Waals surface area contributed by atoms with Gasteiger partial charge < -0.3 is 9.73 Å². The number of furan rings is 1. The second-order valence-corrected chi connectivity index (χ2v) is 8.53. The predicted molar refractivity (Wildman–Crippen MR) is 118 cm³/mol. The number of amides is 2. The summed E-state index contributed by atoms with van der Waals surface area (Å²) in [5.74, 6) is 0.337. The maximum absolute atomic E-state index is 12.7. The topological polar surface area (TPSA) is 101 Å². The average molecular weight is 438 g/mol. The largest absolute Gasteiger partial charge is 0.455 e. The Kier molecular flexibility index (Phi) is 5.73. The van der Waals surface area contributed by atoms with Gasteiger partial charge >= 0.3 is 0 Å². The van der Waals surface area contributed by atoms with E-state index >= 15 is 0 Å². The molecule has 7 nitrogen and oxygen atoms in total. The van der Waals surface area contributed by atoms with Crippen LogP contribution in [0.2, 0.25) is 0 Å². The van der Waals surface area contributed by atoms with Gasteiger partial charge in [-0.15, -0.1) is 11.3 Å². The molecule has 0 fully saturated rings. The molecular formula is C23H23N3O4S. The number of aryl methyl sites for hydroxylation is 1. The minimum Gasteiger partial charge on any atom is -0.455 e. The third-order valence-corrected chi connectivity index (χ3v) is 6.12. The van der Waals surface area contributed by atoms with Gasteiger partial charge in [0.1, 0.15) is 5.76 Å². The zero-order valence-corrected chi connectivity index (χ0v) is 18.4. The van der Waals surface area contributed by atoms with Crippen molar-refractivity contribution in [3.05, 3.63) is 57.9 Å². The van der Waals surface area contributed by atoms with E-state index in [2.05, 4.69) is 15.6 Å². The lowest BCUT2D eigenvalue weighted by Gasteiger charge is -2.12. The summed E-state index contributed by atoms with van der Waals surface area (Å²) < 4.78 is 5.71. The summed E-state index contributed by atoms with van der Waals surface area (Å²) in [6.45, 7) is 5.17. The standard InChI is InChI=1S/C23H23N3O4S/c1-12-20-18(28)5-4-6-19(20)30-21(12)22(29)26-23-25-17(11-31-23)16-9-7-15(8-10-16)13(2)24-14(3)27/h7-11,13H,4-6H2,1-3H3,(H,24,27)(H,25,26,29)/t13-/m0/s1. The van der Waals surface area contributed by atoms with Crippen LogP contribution in [-0.2, 0) is 11.2 Å². The van der Waals surface area contributed by atoms with Crippen molar-refractivity contribution in [2.24, 2.45) is 0 Å². The van der Waals surface area contributed by atoms with Crippen molar-refractivity contribution in [2.75, 3.05) is 5.32 Å². The van der Waals surface area contributed by atoms with Gasteiger partial charge in [0.15, 0.2) is 16.7 Å². The highest BCUT2D eigenvalue weighted by Crippen LogP contribution is 2.31. The molecule has 4 rings (SSSR count). The van der Waals surface area contributed by atoms with Crippen LogP contribution in [0.1, 0.15) is 70.5 Å². The number of nitrogens with one attached hydrogen (secondary N) is 2. The molecule has 0 saturated carbocycles. The Labute approximate surface area is 183 Å². The van der Waals surface area contributed by atoms with E-state index in [1.54, 1.807) is 6.92 Å². The van der Waals surface area contributed by atoms with Crippen molar-refractivity contribution in [3.63, 3.8) is 0 Å². The van der Waals surface area contributed by atoms with E-state index in [1.807, 2.05) is 36.6 Å². The number of thiazole rings is 1. The average Bonchev–Trinajstić information content (AvgIpc) is 3.33. The normalized spacial score (nSPS) is 14.1. The first-order valence-electron chi connectivity index (χ1n) is 10.1. The molecule has 0 radical (unpaired) electrons. The molecule has 2 amide bonds. The molecule has 2 N–H and O–H groups in total. The molecule has 0 bridgehead atoms. The number of Topliss-reactive ketones (excluding diaryl/α,β-unsaturated/α-hetero) is 1. The third-order valence-electron chi connectivity index (χ3n) is 5.36. The monoisotopic (exact) mass is 437 g/mol. The number of hydrogen-bond donors (Lipinski definition) is 2. The van der Waals surface area contributed by atoms with Crippen LogP contribution in [0, 0.1) is 6.92 Å². The summed E-state index contributed by atoms with van der Waals surface area (Å²) in [6.07, 6.45) is 1.91. The number of nitrogens with zero attached hydrogens (tertiary/aromatic N) is 1. The first-order chi connectivity index (χ1) is 14.8. The maximum Gasteiger partial charge on any atom is 0.293 e. The molecule has 1 aliphatic rings. The molecule has 8 heteroatoms. The van der Waals surface area contributed by atoms with Crippen molar-refractivity contribution in [1.82, 2.24) is 10.3 Å². The van der Waals surface area contributed by atoms with Gasteiger partial charge in [-0.2, -0.15) is 0 Å². The first-order valence-corrected chi connectivity index (χ1v) is 11.0. The van der Waals surface area contributed by atoms with Crippen LogP contribution >= 0.6 is 11.3 Å². The Hall–Kier alpha value is -3.26. The first kappa shape index (κ1) is 21.0. The SMILES string of the molecule is CC(=O)N[C@@H](C)c1ccc(-c2csc(NC(=O)c3oc4c(c3C)C(=O)CCC4)n2)cc1. The van der Waals surface area contributed by atoms with Crippen molar-refractivity contribution in [2.45, 2.75) is 46.1 Å². The minimum atomic E-state index is -0.403. The number of carbonyl (C=O) groups excluding carboxylic acids is 3. The summed E-state index contributed by atoms with van der Waals surface area (Å²) in [6, 6.07) is 7.68. The zero-order chi connectivity index (χ0) is 22.1. The third kappa shape index (κ3) is 4.29. The number of ketones is 1. The Balaban J connectivity index is 1.48. The smallest absolute Gasteiger partial charge is 0.293 e. The molecule has 0 saturated heterocycles. The fraction of sp³-hybridized carbons (Fsp3) is 0.304. The van der Waals surface area contributed by atoms with E-state index < -0.39 is 5.91 Å². The van der Waals surface area contributed by atoms with E-state index in [-0.39, 0.29) is 23.5 Å². The fourth-order valence-corrected chi connectivity index (χ4v) is 4.53. The molecule has 1 aromatic carbocycles. The summed E-state index contributed by atoms with van der Waals surface area (Å²) in [7, 11) is 0. The van der Waals surface area contributed by atoms with Crippen LogP contribution in [-0.4, -0.2) is 22.6 Å². The van der Waals surface area contributed by atoms with Gasteiger partial charge in [-0.25, -0.2) is 4.98 Å². The van der Waals surface area contributed by atoms with Crippen molar-refractivity contribution >= 4 is 34.1 Å². The Morgan fingerprint density at radius 1 is 1.19 bits per heavy atom. The van der Waals surface area contributed by atoms with Crippen molar-refractivity contribution in [3.8, 4) is 11.3 Å². The van der Waals surface area contributed by atoms with Crippen molar-refractivity contribution in [1.29, 1.82) is 0 Å². The van der Waals surface area contributed by atoms with Crippen LogP contribution in [0.5, 0.6) is 0 Å². The van der Waals surface area contributed by atoms with Crippen LogP contribution in [0.3, 0.4) is 0 Å². The molecule has 0 aliphatic heterocycles. The van der Waals surface area contributed by atoms with Gasteiger partial charge in [0.25, 0.3) is 5.91 Å². The van der Waals surface area contributed by atoms with E-state index in [9.17, 15) is 14.4 Å². The highest BCUT2D eigenvalue weighted by molar-refractivity contribution is 7.14. The highest BCUT2D eigenvalue weighted by Gasteiger charge is 2.29. The molecule has 2 heterocycles. The summed E-state index contributed by atoms with van der Waals surface area (Å²) in [5.41, 5.74) is 3.80. The minimum absolute atomic E-state index is 0.0364. The number of carbonyl (C=O) groups is 3. The molecule has 1 atom stereocenters. The number of anilines is 1. The molecule has 0 unspecified atom stereocenters. The van der Waals surface area contributed by atoms with Gasteiger partial charge in [-0.05, 0) is 25.8 Å². The van der Waals surface area contributed by atoms with E-state index in [4.69, 9.17) is 4.42 Å². The molecule has 3 aromatic rings. The molecule has 31 heavy (non-hydrogen) atoms. The summed E-state index contributed by atoms with van der Waals surface area (Å²) in [5, 5.41) is 7.96. The fourth-order valence-electron chi connectivity index (χ4n) is 3.81. The molecule has 0 spiro atoms. The zero-order valence-electron chi connectivity index (χ0n) is 17.6.